The number of aliphatic imine (C=N–C) groups is 1. The lowest BCUT2D eigenvalue weighted by atomic mass is 9.87. The fraction of sp³-hybridized carbons (Fsp3) is 0.727. The van der Waals surface area contributed by atoms with Crippen LogP contribution in [0.5, 0.6) is 0 Å². The summed E-state index contributed by atoms with van der Waals surface area (Å²) in [7, 11) is 0. The van der Waals surface area contributed by atoms with Crippen molar-refractivity contribution in [2.45, 2.75) is 59.0 Å². The zero-order valence-electron chi connectivity index (χ0n) is 18.0. The van der Waals surface area contributed by atoms with Crippen molar-refractivity contribution in [3.05, 3.63) is 23.9 Å². The number of anilines is 1. The summed E-state index contributed by atoms with van der Waals surface area (Å²) in [4.78, 5) is 14.4. The van der Waals surface area contributed by atoms with Crippen LogP contribution in [-0.4, -0.2) is 61.2 Å². The summed E-state index contributed by atoms with van der Waals surface area (Å²) < 4.78 is 0. The number of nitrogens with one attached hydrogen (secondary N) is 2. The van der Waals surface area contributed by atoms with E-state index in [0.29, 0.717) is 12.6 Å². The van der Waals surface area contributed by atoms with Crippen molar-refractivity contribution in [3.63, 3.8) is 0 Å². The van der Waals surface area contributed by atoms with Crippen LogP contribution in [0, 0.1) is 5.92 Å². The number of hydrogen-bond donors (Lipinski definition) is 2. The molecule has 28 heavy (non-hydrogen) atoms. The fourth-order valence-corrected chi connectivity index (χ4v) is 4.08. The SMILES string of the molecule is CCNC(=NCc1ccc(N2CCN(CC)CC2)nc1)NC1CCC(C)CC1. The van der Waals surface area contributed by atoms with Crippen molar-refractivity contribution < 1.29 is 0 Å². The van der Waals surface area contributed by atoms with Gasteiger partial charge in [0, 0.05) is 45.0 Å². The van der Waals surface area contributed by atoms with Gasteiger partial charge >= 0.3 is 0 Å². The van der Waals surface area contributed by atoms with Gasteiger partial charge in [0.05, 0.1) is 6.54 Å². The Morgan fingerprint density at radius 3 is 2.46 bits per heavy atom. The molecule has 156 valence electrons. The quantitative estimate of drug-likeness (QED) is 0.582. The fourth-order valence-electron chi connectivity index (χ4n) is 4.08. The molecular weight excluding hydrogens is 348 g/mol. The number of nitrogens with zero attached hydrogens (tertiary/aromatic N) is 4. The van der Waals surface area contributed by atoms with Crippen molar-refractivity contribution >= 4 is 11.8 Å². The number of piperazine rings is 1. The van der Waals surface area contributed by atoms with Gasteiger partial charge in [0.25, 0.3) is 0 Å². The van der Waals surface area contributed by atoms with Gasteiger partial charge in [-0.1, -0.05) is 19.9 Å². The highest BCUT2D eigenvalue weighted by molar-refractivity contribution is 5.80. The Bertz CT molecular complexity index is 598. The molecule has 1 aromatic rings. The summed E-state index contributed by atoms with van der Waals surface area (Å²) in [6, 6.07) is 4.87. The number of rotatable bonds is 6. The highest BCUT2D eigenvalue weighted by Crippen LogP contribution is 2.23. The molecule has 0 unspecified atom stereocenters. The Morgan fingerprint density at radius 2 is 1.86 bits per heavy atom. The van der Waals surface area contributed by atoms with Crippen LogP contribution < -0.4 is 15.5 Å². The lowest BCUT2D eigenvalue weighted by Gasteiger charge is -2.34. The zero-order chi connectivity index (χ0) is 19.8. The van der Waals surface area contributed by atoms with Crippen LogP contribution in [0.1, 0.15) is 52.0 Å². The minimum Gasteiger partial charge on any atom is -0.357 e. The lowest BCUT2D eigenvalue weighted by Crippen LogP contribution is -2.46. The normalized spacial score (nSPS) is 24.2. The van der Waals surface area contributed by atoms with Gasteiger partial charge in [0.1, 0.15) is 5.82 Å². The summed E-state index contributed by atoms with van der Waals surface area (Å²) in [6.45, 7) is 13.8. The lowest BCUT2D eigenvalue weighted by molar-refractivity contribution is 0.270. The Kier molecular flexibility index (Phi) is 7.95. The Labute approximate surface area is 170 Å². The maximum absolute atomic E-state index is 4.79. The summed E-state index contributed by atoms with van der Waals surface area (Å²) in [6.07, 6.45) is 7.10. The van der Waals surface area contributed by atoms with Crippen molar-refractivity contribution in [2.75, 3.05) is 44.2 Å². The van der Waals surface area contributed by atoms with E-state index in [4.69, 9.17) is 9.98 Å². The van der Waals surface area contributed by atoms with Crippen LogP contribution in [0.3, 0.4) is 0 Å². The van der Waals surface area contributed by atoms with Gasteiger partial charge in [-0.15, -0.1) is 0 Å². The molecule has 2 N–H and O–H groups in total. The number of hydrogen-bond acceptors (Lipinski definition) is 4. The Hall–Kier alpha value is -1.82. The molecule has 0 amide bonds. The van der Waals surface area contributed by atoms with Crippen LogP contribution in [0.4, 0.5) is 5.82 Å². The van der Waals surface area contributed by atoms with Crippen LogP contribution >= 0.6 is 0 Å². The highest BCUT2D eigenvalue weighted by Gasteiger charge is 2.19. The van der Waals surface area contributed by atoms with Gasteiger partial charge in [0.15, 0.2) is 5.96 Å². The van der Waals surface area contributed by atoms with E-state index in [0.717, 1.165) is 62.5 Å². The summed E-state index contributed by atoms with van der Waals surface area (Å²) in [5.74, 6) is 2.89. The smallest absolute Gasteiger partial charge is 0.191 e. The van der Waals surface area contributed by atoms with E-state index in [9.17, 15) is 0 Å². The van der Waals surface area contributed by atoms with Crippen molar-refractivity contribution in [1.29, 1.82) is 0 Å². The standard InChI is InChI=1S/C22H38N6/c1-4-23-22(26-20-9-6-18(3)7-10-20)25-17-19-8-11-21(24-16-19)28-14-12-27(5-2)13-15-28/h8,11,16,18,20H,4-7,9-10,12-15,17H2,1-3H3,(H2,23,25,26). The van der Waals surface area contributed by atoms with E-state index in [1.807, 2.05) is 6.20 Å². The third-order valence-corrected chi connectivity index (χ3v) is 6.07. The maximum atomic E-state index is 4.79. The van der Waals surface area contributed by atoms with E-state index in [1.54, 1.807) is 0 Å². The first-order valence-electron chi connectivity index (χ1n) is 11.1. The van der Waals surface area contributed by atoms with Crippen molar-refractivity contribution in [3.8, 4) is 0 Å². The van der Waals surface area contributed by atoms with Gasteiger partial charge in [-0.25, -0.2) is 9.98 Å². The predicted octanol–water partition coefficient (Wildman–Crippen LogP) is 2.86. The second-order valence-corrected chi connectivity index (χ2v) is 8.24. The Balaban J connectivity index is 1.52. The minimum absolute atomic E-state index is 0.552. The predicted molar refractivity (Wildman–Crippen MR) is 118 cm³/mol. The number of guanidine groups is 1. The van der Waals surface area contributed by atoms with Crippen LogP contribution in [0.2, 0.25) is 0 Å². The molecule has 6 nitrogen and oxygen atoms in total. The van der Waals surface area contributed by atoms with E-state index in [1.165, 1.54) is 25.7 Å². The number of aromatic nitrogens is 1. The summed E-state index contributed by atoms with van der Waals surface area (Å²) in [5, 5.41) is 7.02. The molecule has 3 rings (SSSR count). The molecule has 0 aromatic carbocycles. The van der Waals surface area contributed by atoms with Gasteiger partial charge in [-0.05, 0) is 56.7 Å². The molecule has 6 heteroatoms. The van der Waals surface area contributed by atoms with E-state index in [2.05, 4.69) is 53.3 Å². The first-order chi connectivity index (χ1) is 13.7. The molecule has 1 aromatic heterocycles. The second-order valence-electron chi connectivity index (χ2n) is 8.24. The van der Waals surface area contributed by atoms with E-state index < -0.39 is 0 Å². The molecular formula is C22H38N6. The molecule has 1 aliphatic carbocycles. The number of pyridine rings is 1. The summed E-state index contributed by atoms with van der Waals surface area (Å²) in [5.41, 5.74) is 1.16. The molecule has 2 heterocycles. The van der Waals surface area contributed by atoms with Crippen molar-refractivity contribution in [2.24, 2.45) is 10.9 Å². The third-order valence-electron chi connectivity index (χ3n) is 6.07. The molecule has 1 saturated carbocycles. The number of likely N-dealkylation sites (N-methyl/N-ethyl adjacent to an activating group) is 1. The third kappa shape index (κ3) is 6.09. The van der Waals surface area contributed by atoms with Crippen LogP contribution in [0.15, 0.2) is 23.3 Å². The van der Waals surface area contributed by atoms with Gasteiger partial charge in [-0.3, -0.25) is 0 Å². The summed E-state index contributed by atoms with van der Waals surface area (Å²) >= 11 is 0. The maximum Gasteiger partial charge on any atom is 0.191 e. The Morgan fingerprint density at radius 1 is 1.11 bits per heavy atom. The first-order valence-corrected chi connectivity index (χ1v) is 11.1. The largest absolute Gasteiger partial charge is 0.357 e. The van der Waals surface area contributed by atoms with Crippen LogP contribution in [0.25, 0.3) is 0 Å². The highest BCUT2D eigenvalue weighted by atomic mass is 15.3. The average Bonchev–Trinajstić information content (AvgIpc) is 2.74. The minimum atomic E-state index is 0.552. The zero-order valence-corrected chi connectivity index (χ0v) is 18.0. The van der Waals surface area contributed by atoms with Gasteiger partial charge in [-0.2, -0.15) is 0 Å². The molecule has 2 fully saturated rings. The monoisotopic (exact) mass is 386 g/mol. The molecule has 0 radical (unpaired) electrons. The molecule has 2 aliphatic rings. The van der Waals surface area contributed by atoms with E-state index >= 15 is 0 Å². The van der Waals surface area contributed by atoms with E-state index in [-0.39, 0.29) is 0 Å². The van der Waals surface area contributed by atoms with Gasteiger partial charge in [0.2, 0.25) is 0 Å². The molecule has 0 bridgehead atoms. The first kappa shape index (κ1) is 20.9. The van der Waals surface area contributed by atoms with Crippen molar-refractivity contribution in [1.82, 2.24) is 20.5 Å². The second kappa shape index (κ2) is 10.6. The molecule has 0 atom stereocenters. The molecule has 1 aliphatic heterocycles. The topological polar surface area (TPSA) is 55.8 Å². The van der Waals surface area contributed by atoms with Crippen LogP contribution in [-0.2, 0) is 6.54 Å². The molecule has 1 saturated heterocycles. The van der Waals surface area contributed by atoms with Gasteiger partial charge < -0.3 is 20.4 Å². The average molecular weight is 387 g/mol. The molecule has 0 spiro atoms.